The van der Waals surface area contributed by atoms with Crippen LogP contribution in [0.2, 0.25) is 0 Å². The van der Waals surface area contributed by atoms with E-state index in [2.05, 4.69) is 0 Å². The number of amides is 1. The van der Waals surface area contributed by atoms with Gasteiger partial charge in [0.1, 0.15) is 0 Å². The lowest BCUT2D eigenvalue weighted by Gasteiger charge is -2.13. The molecule has 0 aliphatic carbocycles. The van der Waals surface area contributed by atoms with Gasteiger partial charge in [0, 0.05) is 22.7 Å². The Morgan fingerprint density at radius 1 is 1.18 bits per heavy atom. The van der Waals surface area contributed by atoms with Gasteiger partial charge in [-0.05, 0) is 44.0 Å². The normalized spacial score (nSPS) is 12.2. The molecule has 3 rings (SSSR count). The molecular weight excluding hydrogens is 359 g/mol. The predicted octanol–water partition coefficient (Wildman–Crippen LogP) is 4.07. The summed E-state index contributed by atoms with van der Waals surface area (Å²) in [6.45, 7) is 5.53. The molecule has 1 amide bonds. The van der Waals surface area contributed by atoms with Crippen LogP contribution < -0.4 is 10.5 Å². The third kappa shape index (κ3) is 3.15. The Labute approximate surface area is 162 Å². The van der Waals surface area contributed by atoms with Crippen molar-refractivity contribution >= 4 is 22.7 Å². The maximum absolute atomic E-state index is 14.5. The van der Waals surface area contributed by atoms with E-state index in [0.717, 1.165) is 5.56 Å². The number of carbonyl (C=O) groups excluding carboxylic acids is 2. The van der Waals surface area contributed by atoms with E-state index in [1.54, 1.807) is 19.1 Å². The smallest absolute Gasteiger partial charge is 0.262 e. The molecule has 0 fully saturated rings. The molecule has 0 aliphatic heterocycles. The van der Waals surface area contributed by atoms with Crippen molar-refractivity contribution < 1.29 is 18.7 Å². The number of halogens is 1. The highest BCUT2D eigenvalue weighted by atomic mass is 19.1. The number of hydrogen-bond acceptors (Lipinski definition) is 3. The van der Waals surface area contributed by atoms with Crippen molar-refractivity contribution in [2.75, 3.05) is 7.11 Å². The minimum Gasteiger partial charge on any atom is -0.494 e. The Balaban J connectivity index is 2.35. The fourth-order valence-electron chi connectivity index (χ4n) is 3.67. The summed E-state index contributed by atoms with van der Waals surface area (Å²) in [5.74, 6) is -1.91. The maximum atomic E-state index is 14.5. The number of methoxy groups -OCH3 is 1. The van der Waals surface area contributed by atoms with E-state index in [1.165, 1.54) is 23.8 Å². The average molecular weight is 382 g/mol. The molecule has 1 heterocycles. The van der Waals surface area contributed by atoms with Gasteiger partial charge in [-0.25, -0.2) is 4.39 Å². The number of rotatable bonds is 5. The largest absolute Gasteiger partial charge is 0.494 e. The summed E-state index contributed by atoms with van der Waals surface area (Å²) in [6.07, 6.45) is 0.466. The number of primary amides is 1. The van der Waals surface area contributed by atoms with Gasteiger partial charge in [0.15, 0.2) is 11.6 Å². The molecule has 2 aromatic carbocycles. The van der Waals surface area contributed by atoms with Gasteiger partial charge < -0.3 is 10.5 Å². The van der Waals surface area contributed by atoms with Gasteiger partial charge >= 0.3 is 0 Å². The maximum Gasteiger partial charge on any atom is 0.262 e. The average Bonchev–Trinajstić information content (AvgIpc) is 2.93. The molecule has 2 N–H and O–H groups in total. The molecule has 3 aromatic rings. The minimum absolute atomic E-state index is 0.0491. The zero-order valence-corrected chi connectivity index (χ0v) is 16.4. The summed E-state index contributed by atoms with van der Waals surface area (Å²) >= 11 is 0. The van der Waals surface area contributed by atoms with Crippen molar-refractivity contribution in [2.45, 2.75) is 33.1 Å². The van der Waals surface area contributed by atoms with Crippen molar-refractivity contribution in [3.63, 3.8) is 0 Å². The summed E-state index contributed by atoms with van der Waals surface area (Å²) in [4.78, 5) is 25.3. The second kappa shape index (κ2) is 7.46. The van der Waals surface area contributed by atoms with Crippen LogP contribution in [0.5, 0.6) is 5.75 Å². The van der Waals surface area contributed by atoms with Crippen LogP contribution in [0.25, 0.3) is 10.9 Å². The van der Waals surface area contributed by atoms with Gasteiger partial charge in [-0.3, -0.25) is 14.2 Å². The molecule has 0 saturated carbocycles. The van der Waals surface area contributed by atoms with Crippen LogP contribution in [0.1, 0.15) is 46.4 Å². The van der Waals surface area contributed by atoms with Crippen LogP contribution in [0.15, 0.2) is 36.4 Å². The fraction of sp³-hybridized carbons (Fsp3) is 0.273. The number of aryl methyl sites for hydroxylation is 1. The van der Waals surface area contributed by atoms with Gasteiger partial charge in [0.2, 0.25) is 5.91 Å². The topological polar surface area (TPSA) is 74.3 Å². The summed E-state index contributed by atoms with van der Waals surface area (Å²) in [6, 6.07) is 9.94. The van der Waals surface area contributed by atoms with E-state index in [4.69, 9.17) is 10.5 Å². The molecule has 0 radical (unpaired) electrons. The highest BCUT2D eigenvalue weighted by Crippen LogP contribution is 2.37. The fourth-order valence-corrected chi connectivity index (χ4v) is 3.67. The first kappa shape index (κ1) is 19.6. The molecule has 0 aliphatic rings. The van der Waals surface area contributed by atoms with Crippen LogP contribution >= 0.6 is 0 Å². The first-order valence-electron chi connectivity index (χ1n) is 9.09. The van der Waals surface area contributed by atoms with E-state index in [-0.39, 0.29) is 11.7 Å². The van der Waals surface area contributed by atoms with Crippen LogP contribution in [0, 0.1) is 19.7 Å². The zero-order chi connectivity index (χ0) is 20.6. The standard InChI is InChI=1S/C22H23FN2O3/c1-5-15(21(24)26)20-13(3)25(22(27)14-8-6-12(2)7-9-14)18-11-17(23)19(28-4)10-16(18)20/h6-11,15H,5H2,1-4H3,(H2,24,26). The lowest BCUT2D eigenvalue weighted by Crippen LogP contribution is -2.22. The van der Waals surface area contributed by atoms with Gasteiger partial charge in [-0.2, -0.15) is 0 Å². The Bertz CT molecular complexity index is 1070. The number of aromatic nitrogens is 1. The lowest BCUT2D eigenvalue weighted by atomic mass is 9.93. The molecule has 146 valence electrons. The summed E-state index contributed by atoms with van der Waals surface area (Å²) in [5.41, 5.74) is 8.70. The number of nitrogens with two attached hydrogens (primary N) is 1. The molecule has 1 aromatic heterocycles. The number of carbonyl (C=O) groups is 2. The molecule has 1 unspecified atom stereocenters. The number of benzene rings is 2. The van der Waals surface area contributed by atoms with E-state index < -0.39 is 17.6 Å². The lowest BCUT2D eigenvalue weighted by molar-refractivity contribution is -0.119. The SMILES string of the molecule is CCC(C(N)=O)c1c(C)n(C(=O)c2ccc(C)cc2)c2cc(F)c(OC)cc12. The van der Waals surface area contributed by atoms with Crippen LogP contribution in [-0.2, 0) is 4.79 Å². The Kier molecular flexibility index (Phi) is 5.23. The summed E-state index contributed by atoms with van der Waals surface area (Å²) in [5, 5.41) is 0.585. The second-order valence-corrected chi connectivity index (χ2v) is 6.87. The Hall–Kier alpha value is -3.15. The van der Waals surface area contributed by atoms with Crippen molar-refractivity contribution in [2.24, 2.45) is 5.73 Å². The van der Waals surface area contributed by atoms with E-state index in [9.17, 15) is 14.0 Å². The van der Waals surface area contributed by atoms with Crippen molar-refractivity contribution in [1.29, 1.82) is 0 Å². The van der Waals surface area contributed by atoms with E-state index in [1.807, 2.05) is 26.0 Å². The molecule has 6 heteroatoms. The first-order chi connectivity index (χ1) is 13.3. The second-order valence-electron chi connectivity index (χ2n) is 6.87. The third-order valence-electron chi connectivity index (χ3n) is 5.13. The van der Waals surface area contributed by atoms with E-state index in [0.29, 0.717) is 34.1 Å². The van der Waals surface area contributed by atoms with Gasteiger partial charge in [-0.1, -0.05) is 24.6 Å². The zero-order valence-electron chi connectivity index (χ0n) is 16.4. The number of hydrogen-bond donors (Lipinski definition) is 1. The first-order valence-corrected chi connectivity index (χ1v) is 9.09. The quantitative estimate of drug-likeness (QED) is 0.723. The van der Waals surface area contributed by atoms with Crippen molar-refractivity contribution in [3.05, 3.63) is 64.6 Å². The highest BCUT2D eigenvalue weighted by Gasteiger charge is 2.28. The predicted molar refractivity (Wildman–Crippen MR) is 106 cm³/mol. The highest BCUT2D eigenvalue weighted by molar-refractivity contribution is 6.05. The summed E-state index contributed by atoms with van der Waals surface area (Å²) < 4.78 is 21.0. The number of nitrogens with zero attached hydrogens (tertiary/aromatic N) is 1. The van der Waals surface area contributed by atoms with E-state index >= 15 is 0 Å². The Morgan fingerprint density at radius 2 is 1.82 bits per heavy atom. The van der Waals surface area contributed by atoms with Gasteiger partial charge in [0.05, 0.1) is 18.5 Å². The van der Waals surface area contributed by atoms with Crippen LogP contribution in [-0.4, -0.2) is 23.5 Å². The van der Waals surface area contributed by atoms with Crippen LogP contribution in [0.4, 0.5) is 4.39 Å². The monoisotopic (exact) mass is 382 g/mol. The third-order valence-corrected chi connectivity index (χ3v) is 5.13. The number of ether oxygens (including phenoxy) is 1. The molecule has 28 heavy (non-hydrogen) atoms. The molecular formula is C22H23FN2O3. The molecule has 1 atom stereocenters. The van der Waals surface area contributed by atoms with Gasteiger partial charge in [0.25, 0.3) is 5.91 Å². The van der Waals surface area contributed by atoms with Crippen molar-refractivity contribution in [1.82, 2.24) is 4.57 Å². The van der Waals surface area contributed by atoms with Crippen LogP contribution in [0.3, 0.4) is 0 Å². The van der Waals surface area contributed by atoms with Gasteiger partial charge in [-0.15, -0.1) is 0 Å². The molecule has 5 nitrogen and oxygen atoms in total. The number of fused-ring (bicyclic) bond motifs is 1. The minimum atomic E-state index is -0.593. The molecule has 0 bridgehead atoms. The summed E-state index contributed by atoms with van der Waals surface area (Å²) in [7, 11) is 1.37. The van der Waals surface area contributed by atoms with Crippen molar-refractivity contribution in [3.8, 4) is 5.75 Å². The molecule has 0 saturated heterocycles. The Morgan fingerprint density at radius 3 is 2.36 bits per heavy atom. The molecule has 0 spiro atoms.